The Hall–Kier alpha value is -3.43. The van der Waals surface area contributed by atoms with E-state index in [1.165, 1.54) is 0 Å². The van der Waals surface area contributed by atoms with Crippen molar-refractivity contribution in [2.45, 2.75) is 12.5 Å². The van der Waals surface area contributed by atoms with E-state index in [2.05, 4.69) is 15.6 Å². The van der Waals surface area contributed by atoms with E-state index in [4.69, 9.17) is 16.1 Å². The molecule has 4 aromatic rings. The number of sulfone groups is 1. The summed E-state index contributed by atoms with van der Waals surface area (Å²) >= 11 is 5.99. The minimum Gasteiger partial charge on any atom is -0.355 e. The number of hydrogen-bond acceptors (Lipinski definition) is 6. The molecule has 0 spiro atoms. The lowest BCUT2D eigenvalue weighted by atomic mass is 10.1. The molecule has 1 aliphatic rings. The van der Waals surface area contributed by atoms with Crippen molar-refractivity contribution in [2.75, 3.05) is 16.8 Å². The lowest BCUT2D eigenvalue weighted by Crippen LogP contribution is -2.19. The van der Waals surface area contributed by atoms with E-state index in [-0.39, 0.29) is 23.2 Å². The predicted octanol–water partition coefficient (Wildman–Crippen LogP) is 4.47. The highest BCUT2D eigenvalue weighted by molar-refractivity contribution is 7.91. The molecule has 0 aliphatic carbocycles. The van der Waals surface area contributed by atoms with Crippen LogP contribution in [0.1, 0.15) is 23.0 Å². The molecule has 1 fully saturated rings. The molecule has 168 valence electrons. The van der Waals surface area contributed by atoms with Crippen LogP contribution in [0.4, 0.5) is 5.82 Å². The summed E-state index contributed by atoms with van der Waals surface area (Å²) in [4.78, 5) is 12.9. The Morgan fingerprint density at radius 3 is 2.52 bits per heavy atom. The molecule has 0 bridgehead atoms. The highest BCUT2D eigenvalue weighted by Gasteiger charge is 2.32. The third-order valence-electron chi connectivity index (χ3n) is 5.47. The van der Waals surface area contributed by atoms with E-state index in [1.807, 2.05) is 42.5 Å². The first-order valence-corrected chi connectivity index (χ1v) is 12.5. The van der Waals surface area contributed by atoms with Gasteiger partial charge in [0.2, 0.25) is 0 Å². The zero-order valence-corrected chi connectivity index (χ0v) is 18.9. The molecule has 2 aromatic heterocycles. The van der Waals surface area contributed by atoms with Gasteiger partial charge in [0.15, 0.2) is 21.3 Å². The van der Waals surface area contributed by atoms with Gasteiger partial charge in [0.1, 0.15) is 5.82 Å². The largest absolute Gasteiger partial charge is 0.355 e. The van der Waals surface area contributed by atoms with Gasteiger partial charge in [-0.15, -0.1) is 0 Å². The van der Waals surface area contributed by atoms with Crippen LogP contribution in [0.3, 0.4) is 0 Å². The van der Waals surface area contributed by atoms with Crippen LogP contribution in [-0.2, 0) is 9.84 Å². The minimum atomic E-state index is -3.15. The molecule has 1 N–H and O–H groups in total. The van der Waals surface area contributed by atoms with Crippen LogP contribution in [-0.4, -0.2) is 40.8 Å². The van der Waals surface area contributed by atoms with Crippen molar-refractivity contribution in [3.05, 3.63) is 77.4 Å². The highest BCUT2D eigenvalue weighted by Crippen LogP contribution is 2.31. The number of rotatable bonds is 5. The van der Waals surface area contributed by atoms with Crippen LogP contribution in [0.15, 0.2) is 71.3 Å². The quantitative estimate of drug-likeness (QED) is 0.449. The van der Waals surface area contributed by atoms with Gasteiger partial charge in [-0.05, 0) is 18.6 Å². The standard InChI is InChI=1S/C23H19ClN4O4S/c24-17-8-6-15(7-9-17)19-13-22(28(26-19)18-10-11-33(30,31)14-18)25-23(29)20-12-21(32-27-20)16-4-2-1-3-5-16/h1-9,12-13,18H,10-11,14H2,(H,25,29)/t18-/m1/s1. The molecular weight excluding hydrogens is 464 g/mol. The van der Waals surface area contributed by atoms with Crippen molar-refractivity contribution in [3.8, 4) is 22.6 Å². The van der Waals surface area contributed by atoms with Gasteiger partial charge in [-0.3, -0.25) is 4.79 Å². The van der Waals surface area contributed by atoms with Crippen LogP contribution in [0, 0.1) is 0 Å². The van der Waals surface area contributed by atoms with E-state index in [0.29, 0.717) is 28.7 Å². The van der Waals surface area contributed by atoms with Crippen molar-refractivity contribution in [2.24, 2.45) is 0 Å². The lowest BCUT2D eigenvalue weighted by Gasteiger charge is -2.13. The Labute approximate surface area is 195 Å². The first kappa shape index (κ1) is 21.4. The Balaban J connectivity index is 1.45. The SMILES string of the molecule is O=C(Nc1cc(-c2ccc(Cl)cc2)nn1[C@@H]1CCS(=O)(=O)C1)c1cc(-c2ccccc2)on1. The molecule has 10 heteroatoms. The molecule has 0 radical (unpaired) electrons. The van der Waals surface area contributed by atoms with Gasteiger partial charge in [-0.2, -0.15) is 5.10 Å². The van der Waals surface area contributed by atoms with E-state index >= 15 is 0 Å². The molecule has 2 aromatic carbocycles. The summed E-state index contributed by atoms with van der Waals surface area (Å²) in [5.74, 6) is 0.435. The molecule has 8 nitrogen and oxygen atoms in total. The number of anilines is 1. The number of nitrogens with zero attached hydrogens (tertiary/aromatic N) is 3. The normalized spacial score (nSPS) is 17.2. The van der Waals surface area contributed by atoms with E-state index < -0.39 is 15.7 Å². The number of aromatic nitrogens is 3. The van der Waals surface area contributed by atoms with E-state index in [0.717, 1.165) is 11.1 Å². The molecule has 0 unspecified atom stereocenters. The second-order valence-corrected chi connectivity index (χ2v) is 10.5. The van der Waals surface area contributed by atoms with Crippen molar-refractivity contribution in [3.63, 3.8) is 0 Å². The summed E-state index contributed by atoms with van der Waals surface area (Å²) < 4.78 is 31.0. The molecule has 1 atom stereocenters. The number of carbonyl (C=O) groups is 1. The van der Waals surface area contributed by atoms with Crippen LogP contribution in [0.2, 0.25) is 5.02 Å². The van der Waals surface area contributed by atoms with Gasteiger partial charge in [0.05, 0.1) is 23.2 Å². The van der Waals surface area contributed by atoms with Crippen molar-refractivity contribution in [1.29, 1.82) is 0 Å². The summed E-state index contributed by atoms with van der Waals surface area (Å²) in [5, 5.41) is 11.9. The van der Waals surface area contributed by atoms with Crippen LogP contribution >= 0.6 is 11.6 Å². The highest BCUT2D eigenvalue weighted by atomic mass is 35.5. The molecular formula is C23H19ClN4O4S. The van der Waals surface area contributed by atoms with E-state index in [1.54, 1.807) is 28.9 Å². The molecule has 5 rings (SSSR count). The fourth-order valence-corrected chi connectivity index (χ4v) is 5.62. The Morgan fingerprint density at radius 1 is 1.06 bits per heavy atom. The van der Waals surface area contributed by atoms with Gasteiger partial charge >= 0.3 is 0 Å². The van der Waals surface area contributed by atoms with Gasteiger partial charge in [0.25, 0.3) is 5.91 Å². The number of carbonyl (C=O) groups excluding carboxylic acids is 1. The Bertz CT molecular complexity index is 1410. The Kier molecular flexibility index (Phi) is 5.51. The number of benzene rings is 2. The molecule has 1 amide bonds. The number of halogens is 1. The smallest absolute Gasteiger partial charge is 0.279 e. The van der Waals surface area contributed by atoms with Gasteiger partial charge < -0.3 is 9.84 Å². The Morgan fingerprint density at radius 2 is 1.82 bits per heavy atom. The van der Waals surface area contributed by atoms with E-state index in [9.17, 15) is 13.2 Å². The number of nitrogens with one attached hydrogen (secondary N) is 1. The zero-order chi connectivity index (χ0) is 23.0. The minimum absolute atomic E-state index is 0.0281. The number of hydrogen-bond donors (Lipinski definition) is 1. The third kappa shape index (κ3) is 4.55. The summed E-state index contributed by atoms with van der Waals surface area (Å²) in [5.41, 5.74) is 2.29. The summed E-state index contributed by atoms with van der Waals surface area (Å²) in [6.07, 6.45) is 0.426. The average Bonchev–Trinajstić information content (AvgIpc) is 3.53. The second kappa shape index (κ2) is 8.49. The molecule has 1 saturated heterocycles. The summed E-state index contributed by atoms with van der Waals surface area (Å²) in [6.45, 7) is 0. The molecule has 1 aliphatic heterocycles. The molecule has 0 saturated carbocycles. The monoisotopic (exact) mass is 482 g/mol. The maximum Gasteiger partial charge on any atom is 0.279 e. The lowest BCUT2D eigenvalue weighted by molar-refractivity contribution is 0.101. The number of amides is 1. The molecule has 33 heavy (non-hydrogen) atoms. The maximum absolute atomic E-state index is 12.9. The predicted molar refractivity (Wildman–Crippen MR) is 125 cm³/mol. The van der Waals surface area contributed by atoms with Gasteiger partial charge in [-0.1, -0.05) is 59.2 Å². The third-order valence-corrected chi connectivity index (χ3v) is 7.48. The van der Waals surface area contributed by atoms with Crippen LogP contribution in [0.5, 0.6) is 0 Å². The summed E-state index contributed by atoms with van der Waals surface area (Å²) in [7, 11) is -3.15. The average molecular weight is 483 g/mol. The summed E-state index contributed by atoms with van der Waals surface area (Å²) in [6, 6.07) is 19.4. The molecule has 3 heterocycles. The fourth-order valence-electron chi connectivity index (χ4n) is 3.80. The van der Waals surface area contributed by atoms with Crippen molar-refractivity contribution >= 4 is 33.2 Å². The van der Waals surface area contributed by atoms with Crippen LogP contribution < -0.4 is 5.32 Å². The first-order valence-electron chi connectivity index (χ1n) is 10.3. The van der Waals surface area contributed by atoms with Crippen LogP contribution in [0.25, 0.3) is 22.6 Å². The zero-order valence-electron chi connectivity index (χ0n) is 17.3. The van der Waals surface area contributed by atoms with Crippen molar-refractivity contribution in [1.82, 2.24) is 14.9 Å². The van der Waals surface area contributed by atoms with Crippen molar-refractivity contribution < 1.29 is 17.7 Å². The fraction of sp³-hybridized carbons (Fsp3) is 0.174. The van der Waals surface area contributed by atoms with Gasteiger partial charge in [0, 0.05) is 28.3 Å². The maximum atomic E-state index is 12.9. The second-order valence-electron chi connectivity index (χ2n) is 7.82. The topological polar surface area (TPSA) is 107 Å². The van der Waals surface area contributed by atoms with Gasteiger partial charge in [-0.25, -0.2) is 13.1 Å². The first-order chi connectivity index (χ1) is 15.9.